The Hall–Kier alpha value is -16.1. The number of nitrogens with zero attached hydrogens (tertiary/aromatic N) is 7. The molecule has 1 aliphatic rings. The lowest BCUT2D eigenvalue weighted by molar-refractivity contribution is -0.384. The summed E-state index contributed by atoms with van der Waals surface area (Å²) in [6, 6.07) is 62.6. The first-order chi connectivity index (χ1) is 67.0. The molecule has 0 saturated carbocycles. The van der Waals surface area contributed by atoms with Crippen LogP contribution in [0.25, 0.3) is 54.7 Å². The van der Waals surface area contributed by atoms with E-state index < -0.39 is 71.2 Å². The predicted octanol–water partition coefficient (Wildman–Crippen LogP) is 15.9. The number of aryl methyl sites for hydroxylation is 2. The summed E-state index contributed by atoms with van der Waals surface area (Å²) in [6.07, 6.45) is 4.48. The summed E-state index contributed by atoms with van der Waals surface area (Å²) in [5, 5.41) is 46.3. The number of rotatable bonds is 40. The van der Waals surface area contributed by atoms with Gasteiger partial charge in [-0.15, -0.1) is 0 Å². The standard InChI is InChI=1S/C56H62N10O7.C26H33N5O8.C22H25N5/c1-4-5-29-66-47(48-43-17-10-11-18-45(43)62-51(57)50(48)65-66)30-35-20-22-36(23-21-35)31-60-55(70)72-32-37-24-26-38(27-25-37)61-52(67)46(19-12-28-59-54(58)69)63-53(68)49(34(2)3)64-56(71)73-33-44-41-15-8-6-13-39(41)40-14-7-9-16-42(40)44;1-16(2)17(3)23(32)30-22(5-4-14-28-25(27)34)24(33)29-19-8-6-18(7-9-19)15-38-26(35)39-21-12-10-20(11-13-21)31(36)37;1-2-3-12-27-19(13-15-8-10-16(14-23)11-9-15)20-17-6-4-5-7-18(17)25-22(24)21(20)26-27/h6-11,13-18,20-27,34,44,46,49H,4-5,12,19,28-33H2,1-3H3,(H2,57,62)(H,60,70)(H,61,67)(H,63,68)(H,64,71)(H3,58,59,69);6-13,16-17,22H,4-5,14-15H2,1-3H3,(H,29,33)(H,30,32)(H3,27,28,34);4-11H,2-3,12-14,23H2,1H3,(H2,24,25)/t46-,49-;17-,22-;/m00./s1. The van der Waals surface area contributed by atoms with Gasteiger partial charge < -0.3 is 90.2 Å². The Bertz CT molecular complexity index is 6430. The van der Waals surface area contributed by atoms with E-state index >= 15 is 0 Å². The van der Waals surface area contributed by atoms with Crippen molar-refractivity contribution in [2.45, 2.75) is 176 Å². The Labute approximate surface area is 804 Å². The van der Waals surface area contributed by atoms with Gasteiger partial charge in [-0.05, 0) is 155 Å². The van der Waals surface area contributed by atoms with Crippen molar-refractivity contribution in [1.29, 1.82) is 0 Å². The number of anilines is 4. The predicted molar refractivity (Wildman–Crippen MR) is 535 cm³/mol. The van der Waals surface area contributed by atoms with Crippen LogP contribution in [0.1, 0.15) is 162 Å². The van der Waals surface area contributed by atoms with E-state index in [2.05, 4.69) is 112 Å². The normalized spacial score (nSPS) is 12.3. The zero-order chi connectivity index (χ0) is 99.2. The highest BCUT2D eigenvalue weighted by molar-refractivity contribution is 6.11. The van der Waals surface area contributed by atoms with Crippen LogP contribution in [0.4, 0.5) is 52.7 Å². The third-order valence-corrected chi connectivity index (χ3v) is 23.9. The number of benzene rings is 9. The van der Waals surface area contributed by atoms with Gasteiger partial charge in [0.25, 0.3) is 5.69 Å². The minimum Gasteiger partial charge on any atom is -0.449 e. The number of fused-ring (bicyclic) bond motifs is 9. The van der Waals surface area contributed by atoms with Crippen molar-refractivity contribution in [3.63, 3.8) is 0 Å². The summed E-state index contributed by atoms with van der Waals surface area (Å²) in [5.74, 6) is -1.50. The van der Waals surface area contributed by atoms with Gasteiger partial charge in [0.15, 0.2) is 11.6 Å². The average Bonchev–Trinajstić information content (AvgIpc) is 1.61. The minimum atomic E-state index is -1.05. The second-order valence-electron chi connectivity index (χ2n) is 34.6. The molecule has 10 amide bonds. The van der Waals surface area contributed by atoms with Crippen molar-refractivity contribution in [2.75, 3.05) is 41.8 Å². The van der Waals surface area contributed by atoms with Crippen LogP contribution in [0.15, 0.2) is 218 Å². The number of nitro benzene ring substituents is 1. The molecule has 4 heterocycles. The first-order valence-electron chi connectivity index (χ1n) is 46.5. The number of nitro groups is 1. The summed E-state index contributed by atoms with van der Waals surface area (Å²) in [5.41, 5.74) is 45.0. The second-order valence-corrected chi connectivity index (χ2v) is 34.6. The molecule has 0 unspecified atom stereocenters. The Kier molecular flexibility index (Phi) is 36.2. The molecule has 13 aromatic rings. The van der Waals surface area contributed by atoms with Crippen LogP contribution in [-0.4, -0.2) is 126 Å². The number of hydrogen-bond donors (Lipinski definition) is 13. The molecule has 35 heteroatoms. The van der Waals surface area contributed by atoms with Gasteiger partial charge in [-0.3, -0.25) is 38.7 Å². The van der Waals surface area contributed by atoms with Gasteiger partial charge in [0, 0.05) is 109 Å². The Balaban J connectivity index is 0.000000217. The fourth-order valence-electron chi connectivity index (χ4n) is 16.0. The first-order valence-corrected chi connectivity index (χ1v) is 46.5. The van der Waals surface area contributed by atoms with Crippen molar-refractivity contribution >= 4 is 126 Å². The first kappa shape index (κ1) is 102. The Morgan fingerprint density at radius 2 is 0.906 bits per heavy atom. The number of ether oxygens (including phenoxy) is 4. The topological polar surface area (TPSA) is 521 Å². The summed E-state index contributed by atoms with van der Waals surface area (Å²) >= 11 is 0. The molecule has 139 heavy (non-hydrogen) atoms. The molecule has 0 radical (unpaired) electrons. The molecule has 0 saturated heterocycles. The lowest BCUT2D eigenvalue weighted by Gasteiger charge is -2.25. The third-order valence-electron chi connectivity index (χ3n) is 23.9. The van der Waals surface area contributed by atoms with Crippen LogP contribution in [0.5, 0.6) is 5.75 Å². The molecule has 35 nitrogen and oxygen atoms in total. The summed E-state index contributed by atoms with van der Waals surface area (Å²) in [6.45, 7) is 16.4. The van der Waals surface area contributed by atoms with Crippen LogP contribution in [0.3, 0.4) is 0 Å². The number of amides is 10. The molecule has 726 valence electrons. The molecule has 14 rings (SSSR count). The maximum Gasteiger partial charge on any atom is 0.514 e. The number of non-ortho nitro benzene ring substituents is 1. The number of aromatic nitrogens is 6. The van der Waals surface area contributed by atoms with Crippen LogP contribution >= 0.6 is 0 Å². The Morgan fingerprint density at radius 1 is 0.468 bits per heavy atom. The van der Waals surface area contributed by atoms with Gasteiger partial charge >= 0.3 is 30.4 Å². The molecule has 4 aromatic heterocycles. The largest absolute Gasteiger partial charge is 0.514 e. The van der Waals surface area contributed by atoms with E-state index in [4.69, 9.17) is 57.8 Å². The third kappa shape index (κ3) is 28.1. The number of carbonyl (C=O) groups is 9. The smallest absolute Gasteiger partial charge is 0.449 e. The highest BCUT2D eigenvalue weighted by Gasteiger charge is 2.34. The number of para-hydroxylation sites is 2. The molecule has 9 aromatic carbocycles. The van der Waals surface area contributed by atoms with E-state index in [9.17, 15) is 53.3 Å². The van der Waals surface area contributed by atoms with E-state index in [1.807, 2.05) is 123 Å². The van der Waals surface area contributed by atoms with Crippen molar-refractivity contribution < 1.29 is 67.0 Å². The number of alkyl carbamates (subject to hydrolysis) is 2. The van der Waals surface area contributed by atoms with E-state index in [1.165, 1.54) is 35.5 Å². The average molecular weight is 1890 g/mol. The lowest BCUT2D eigenvalue weighted by Crippen LogP contribution is -2.54. The molecule has 0 aliphatic heterocycles. The fourth-order valence-corrected chi connectivity index (χ4v) is 16.0. The summed E-state index contributed by atoms with van der Waals surface area (Å²) in [7, 11) is 0. The molecule has 1 aliphatic carbocycles. The van der Waals surface area contributed by atoms with Crippen LogP contribution in [0, 0.1) is 27.9 Å². The van der Waals surface area contributed by atoms with Crippen LogP contribution < -0.4 is 75.9 Å². The van der Waals surface area contributed by atoms with Gasteiger partial charge in [0.1, 0.15) is 54.7 Å². The highest BCUT2D eigenvalue weighted by Crippen LogP contribution is 2.45. The molecule has 4 atom stereocenters. The van der Waals surface area contributed by atoms with Gasteiger partial charge in [-0.2, -0.15) is 10.2 Å². The molecule has 18 N–H and O–H groups in total. The van der Waals surface area contributed by atoms with E-state index in [0.717, 1.165) is 128 Å². The van der Waals surface area contributed by atoms with E-state index in [-0.39, 0.29) is 93.3 Å². The molecular formula is C104H120N20O15. The molecule has 0 fully saturated rings. The number of urea groups is 2. The quantitative estimate of drug-likeness (QED) is 0.00423. The monoisotopic (exact) mass is 1890 g/mol. The van der Waals surface area contributed by atoms with Gasteiger partial charge in [-0.25, -0.2) is 33.9 Å². The number of nitrogen functional groups attached to an aromatic ring is 2. The van der Waals surface area contributed by atoms with E-state index in [1.54, 1.807) is 69.3 Å². The maximum atomic E-state index is 13.8. The van der Waals surface area contributed by atoms with Crippen molar-refractivity contribution in [1.82, 2.24) is 61.4 Å². The van der Waals surface area contributed by atoms with Crippen LogP contribution in [0.2, 0.25) is 0 Å². The number of hydrogen-bond acceptors (Lipinski definition) is 22. The Morgan fingerprint density at radius 3 is 1.36 bits per heavy atom. The van der Waals surface area contributed by atoms with Gasteiger partial charge in [0.2, 0.25) is 23.6 Å². The van der Waals surface area contributed by atoms with Gasteiger partial charge in [-0.1, -0.05) is 219 Å². The molecular weight excluding hydrogens is 1770 g/mol. The number of pyridine rings is 2. The zero-order valence-corrected chi connectivity index (χ0v) is 78.9. The van der Waals surface area contributed by atoms with Gasteiger partial charge in [0.05, 0.1) is 27.3 Å². The number of nitrogens with one attached hydrogen (secondary N) is 8. The number of nitrogens with two attached hydrogens (primary N) is 5. The summed E-state index contributed by atoms with van der Waals surface area (Å²) in [4.78, 5) is 132. The number of unbranched alkanes of at least 4 members (excludes halogenated alkanes) is 2. The fraction of sp³-hybridized carbons (Fsp3) is 0.317. The summed E-state index contributed by atoms with van der Waals surface area (Å²) < 4.78 is 25.4. The highest BCUT2D eigenvalue weighted by atomic mass is 16.7. The van der Waals surface area contributed by atoms with E-state index in [0.29, 0.717) is 65.5 Å². The zero-order valence-electron chi connectivity index (χ0n) is 78.9. The number of carbonyl (C=O) groups excluding carboxylic acids is 9. The lowest BCUT2D eigenvalue weighted by atomic mass is 9.96. The van der Waals surface area contributed by atoms with Crippen molar-refractivity contribution in [3.05, 3.63) is 284 Å². The molecule has 0 spiro atoms. The number of primary amides is 2. The van der Waals surface area contributed by atoms with Crippen LogP contribution in [-0.2, 0) is 85.6 Å². The second kappa shape index (κ2) is 49.4. The maximum absolute atomic E-state index is 13.8. The minimum absolute atomic E-state index is 0.0216. The molecule has 0 bridgehead atoms. The van der Waals surface area contributed by atoms with Crippen molar-refractivity contribution in [3.8, 4) is 16.9 Å². The SMILES string of the molecule is CC(C)[C@H](C)C(=O)N[C@@H](CCCNC(N)=O)C(=O)Nc1ccc(COC(=O)Oc2ccc([N+](=O)[O-])cc2)cc1.CCCCn1nc2c(N)nc3ccccc3c2c1Cc1ccc(CN)cc1.CCCCn1nc2c(N)nc3ccccc3c2c1Cc1ccc(CNC(=O)OCc2ccc(NC(=O)[C@H](CCCNC(N)=O)NC(=O)[C@@H](NC(=O)OCC3c4ccccc4-c4ccccc43)C(C)C)cc2)cc1. The van der Waals surface area contributed by atoms with Crippen molar-refractivity contribution in [2.24, 2.45) is 35.0 Å².